The van der Waals surface area contributed by atoms with Crippen LogP contribution in [0.3, 0.4) is 0 Å². The zero-order valence-electron chi connectivity index (χ0n) is 22.4. The molecule has 2 aromatic rings. The SMILES string of the molecule is CC(C)(C)[C@H]1CC[C@H](Oc2ccc3cc(CN(CCC(=O)OCCCI)C4CCC4)ccc3c2)CC1. The minimum atomic E-state index is -0.0675. The fourth-order valence-electron chi connectivity index (χ4n) is 5.61. The highest BCUT2D eigenvalue weighted by molar-refractivity contribution is 14.1. The first-order chi connectivity index (χ1) is 17.3. The minimum absolute atomic E-state index is 0.0675. The van der Waals surface area contributed by atoms with Crippen LogP contribution in [0.4, 0.5) is 0 Å². The fraction of sp³-hybridized carbons (Fsp3) is 0.645. The van der Waals surface area contributed by atoms with Crippen LogP contribution in [0.25, 0.3) is 10.8 Å². The normalized spacial score (nSPS) is 20.9. The predicted molar refractivity (Wildman–Crippen MR) is 157 cm³/mol. The van der Waals surface area contributed by atoms with Crippen molar-refractivity contribution in [3.05, 3.63) is 42.0 Å². The molecule has 2 aliphatic carbocycles. The van der Waals surface area contributed by atoms with E-state index in [1.165, 1.54) is 48.4 Å². The highest BCUT2D eigenvalue weighted by Gasteiger charge is 2.30. The molecule has 0 amide bonds. The van der Waals surface area contributed by atoms with Crippen molar-refractivity contribution in [3.8, 4) is 5.75 Å². The number of ether oxygens (including phenoxy) is 2. The Balaban J connectivity index is 1.33. The number of fused-ring (bicyclic) bond motifs is 1. The lowest BCUT2D eigenvalue weighted by molar-refractivity contribution is -0.144. The molecule has 2 fully saturated rings. The van der Waals surface area contributed by atoms with Crippen molar-refractivity contribution in [1.29, 1.82) is 0 Å². The third kappa shape index (κ3) is 7.83. The van der Waals surface area contributed by atoms with E-state index in [-0.39, 0.29) is 5.97 Å². The monoisotopic (exact) mass is 605 g/mol. The van der Waals surface area contributed by atoms with Crippen LogP contribution in [0, 0.1) is 11.3 Å². The van der Waals surface area contributed by atoms with Crippen LogP contribution in [-0.2, 0) is 16.1 Å². The molecule has 0 saturated heterocycles. The van der Waals surface area contributed by atoms with Crippen molar-refractivity contribution < 1.29 is 14.3 Å². The summed E-state index contributed by atoms with van der Waals surface area (Å²) in [6.07, 6.45) is 10.3. The molecule has 2 aliphatic rings. The van der Waals surface area contributed by atoms with Gasteiger partial charge in [-0.1, -0.05) is 68.0 Å². The summed E-state index contributed by atoms with van der Waals surface area (Å²) in [4.78, 5) is 14.6. The molecular weight excluding hydrogens is 561 g/mol. The lowest BCUT2D eigenvalue weighted by Crippen LogP contribution is -2.40. The first-order valence-electron chi connectivity index (χ1n) is 14.0. The van der Waals surface area contributed by atoms with Gasteiger partial charge in [-0.05, 0) is 90.8 Å². The van der Waals surface area contributed by atoms with Gasteiger partial charge in [0.05, 0.1) is 19.1 Å². The van der Waals surface area contributed by atoms with Crippen LogP contribution in [-0.4, -0.2) is 40.6 Å². The second-order valence-corrected chi connectivity index (χ2v) is 12.9. The number of carbonyl (C=O) groups is 1. The summed E-state index contributed by atoms with van der Waals surface area (Å²) in [5.74, 6) is 1.73. The van der Waals surface area contributed by atoms with Gasteiger partial charge in [0.1, 0.15) is 5.75 Å². The molecule has 36 heavy (non-hydrogen) atoms. The highest BCUT2D eigenvalue weighted by atomic mass is 127. The molecule has 4 nitrogen and oxygen atoms in total. The highest BCUT2D eigenvalue weighted by Crippen LogP contribution is 2.39. The van der Waals surface area contributed by atoms with Crippen LogP contribution in [0.5, 0.6) is 5.75 Å². The van der Waals surface area contributed by atoms with Gasteiger partial charge >= 0.3 is 5.97 Å². The zero-order valence-corrected chi connectivity index (χ0v) is 24.6. The summed E-state index contributed by atoms with van der Waals surface area (Å²) >= 11 is 2.32. The maximum Gasteiger partial charge on any atom is 0.307 e. The van der Waals surface area contributed by atoms with Crippen molar-refractivity contribution in [2.45, 2.75) is 97.2 Å². The van der Waals surface area contributed by atoms with Gasteiger partial charge in [0.2, 0.25) is 0 Å². The van der Waals surface area contributed by atoms with Crippen LogP contribution in [0.1, 0.15) is 84.1 Å². The van der Waals surface area contributed by atoms with E-state index in [0.717, 1.165) is 48.4 Å². The molecule has 0 unspecified atom stereocenters. The zero-order chi connectivity index (χ0) is 25.5. The Bertz CT molecular complexity index is 989. The third-order valence-corrected chi connectivity index (χ3v) is 8.96. The number of nitrogens with zero attached hydrogens (tertiary/aromatic N) is 1. The Morgan fingerprint density at radius 2 is 1.72 bits per heavy atom. The van der Waals surface area contributed by atoms with Gasteiger partial charge in [-0.2, -0.15) is 0 Å². The van der Waals surface area contributed by atoms with E-state index in [4.69, 9.17) is 9.47 Å². The number of esters is 1. The van der Waals surface area contributed by atoms with Crippen LogP contribution in [0.2, 0.25) is 0 Å². The van der Waals surface area contributed by atoms with E-state index < -0.39 is 0 Å². The van der Waals surface area contributed by atoms with Gasteiger partial charge < -0.3 is 9.47 Å². The second-order valence-electron chi connectivity index (χ2n) is 11.9. The van der Waals surface area contributed by atoms with Crippen molar-refractivity contribution in [3.63, 3.8) is 0 Å². The summed E-state index contributed by atoms with van der Waals surface area (Å²) in [5.41, 5.74) is 1.71. The maximum atomic E-state index is 12.1. The molecule has 5 heteroatoms. The lowest BCUT2D eigenvalue weighted by atomic mass is 9.72. The van der Waals surface area contributed by atoms with Gasteiger partial charge in [0.25, 0.3) is 0 Å². The number of halogens is 1. The third-order valence-electron chi connectivity index (χ3n) is 8.20. The van der Waals surface area contributed by atoms with E-state index in [1.54, 1.807) is 0 Å². The number of rotatable bonds is 11. The first-order valence-corrected chi connectivity index (χ1v) is 15.5. The lowest BCUT2D eigenvalue weighted by Gasteiger charge is -2.37. The van der Waals surface area contributed by atoms with Crippen molar-refractivity contribution in [2.75, 3.05) is 17.6 Å². The van der Waals surface area contributed by atoms with E-state index in [1.807, 2.05) is 0 Å². The smallest absolute Gasteiger partial charge is 0.307 e. The van der Waals surface area contributed by atoms with Gasteiger partial charge in [0.15, 0.2) is 0 Å². The molecule has 0 bridgehead atoms. The average Bonchev–Trinajstić information content (AvgIpc) is 2.81. The van der Waals surface area contributed by atoms with Gasteiger partial charge in [-0.3, -0.25) is 9.69 Å². The van der Waals surface area contributed by atoms with Gasteiger partial charge in [-0.25, -0.2) is 0 Å². The fourth-order valence-corrected chi connectivity index (χ4v) is 5.92. The topological polar surface area (TPSA) is 38.8 Å². The average molecular weight is 606 g/mol. The molecule has 2 saturated carbocycles. The quantitative estimate of drug-likeness (QED) is 0.113. The van der Waals surface area contributed by atoms with E-state index >= 15 is 0 Å². The molecule has 0 N–H and O–H groups in total. The Morgan fingerprint density at radius 3 is 2.39 bits per heavy atom. The second kappa shape index (κ2) is 12.9. The number of hydrogen-bond donors (Lipinski definition) is 0. The number of alkyl halides is 1. The minimum Gasteiger partial charge on any atom is -0.490 e. The molecule has 198 valence electrons. The summed E-state index contributed by atoms with van der Waals surface area (Å²) in [7, 11) is 0. The Morgan fingerprint density at radius 1 is 1.00 bits per heavy atom. The van der Waals surface area contributed by atoms with E-state index in [2.05, 4.69) is 84.7 Å². The summed E-state index contributed by atoms with van der Waals surface area (Å²) in [6, 6.07) is 13.9. The van der Waals surface area contributed by atoms with E-state index in [0.29, 0.717) is 30.6 Å². The summed E-state index contributed by atoms with van der Waals surface area (Å²) in [5, 5.41) is 2.48. The van der Waals surface area contributed by atoms with Gasteiger partial charge in [-0.15, -0.1) is 0 Å². The largest absolute Gasteiger partial charge is 0.490 e. The number of carbonyl (C=O) groups excluding carboxylic acids is 1. The number of benzene rings is 2. The maximum absolute atomic E-state index is 12.1. The molecular formula is C31H44INO3. The molecule has 0 aliphatic heterocycles. The van der Waals surface area contributed by atoms with Gasteiger partial charge in [0, 0.05) is 23.6 Å². The Kier molecular flexibility index (Phi) is 9.96. The van der Waals surface area contributed by atoms with Crippen molar-refractivity contribution in [1.82, 2.24) is 4.90 Å². The molecule has 0 heterocycles. The van der Waals surface area contributed by atoms with E-state index in [9.17, 15) is 4.79 Å². The van der Waals surface area contributed by atoms with Crippen LogP contribution >= 0.6 is 22.6 Å². The summed E-state index contributed by atoms with van der Waals surface area (Å²) in [6.45, 7) is 9.30. The molecule has 4 rings (SSSR count). The molecule has 0 spiro atoms. The van der Waals surface area contributed by atoms with Crippen LogP contribution in [0.15, 0.2) is 36.4 Å². The molecule has 0 radical (unpaired) electrons. The van der Waals surface area contributed by atoms with Crippen molar-refractivity contribution in [2.24, 2.45) is 11.3 Å². The first kappa shape index (κ1) is 27.7. The standard InChI is InChI=1S/C31H44INO3/c1-31(2,3)26-11-14-28(15-12-26)36-29-13-10-24-20-23(8-9-25(24)21-29)22-33(27-6-4-7-27)18-16-30(34)35-19-5-17-32/h8-10,13,20-21,26-28H,4-7,11-12,14-19,22H2,1-3H3/t26-,28-. The Labute approximate surface area is 231 Å². The van der Waals surface area contributed by atoms with Crippen LogP contribution < -0.4 is 4.74 Å². The Hall–Kier alpha value is -1.34. The summed E-state index contributed by atoms with van der Waals surface area (Å²) < 4.78 is 12.8. The molecule has 0 aromatic heterocycles. The molecule has 0 atom stereocenters. The number of hydrogen-bond acceptors (Lipinski definition) is 4. The predicted octanol–water partition coefficient (Wildman–Crippen LogP) is 7.94. The molecule has 2 aromatic carbocycles. The van der Waals surface area contributed by atoms with Crippen molar-refractivity contribution >= 4 is 39.3 Å².